The van der Waals surface area contributed by atoms with Crippen LogP contribution >= 0.6 is 11.6 Å². The van der Waals surface area contributed by atoms with Crippen LogP contribution in [0.5, 0.6) is 11.5 Å². The summed E-state index contributed by atoms with van der Waals surface area (Å²) < 4.78 is 23.7. The minimum absolute atomic E-state index is 0.0340. The molecule has 0 saturated carbocycles. The molecule has 1 atom stereocenters. The third-order valence-corrected chi connectivity index (χ3v) is 3.50. The Kier molecular flexibility index (Phi) is 5.04. The number of aliphatic hydroxyl groups excluding tert-OH is 1. The summed E-state index contributed by atoms with van der Waals surface area (Å²) in [6.45, 7) is 0. The fourth-order valence-corrected chi connectivity index (χ4v) is 2.40. The van der Waals surface area contributed by atoms with E-state index in [0.717, 1.165) is 5.56 Å². The second kappa shape index (κ2) is 6.78. The average Bonchev–Trinajstić information content (AvgIpc) is 2.49. The summed E-state index contributed by atoms with van der Waals surface area (Å²) >= 11 is 5.75. The minimum atomic E-state index is -0.849. The van der Waals surface area contributed by atoms with Crippen molar-refractivity contribution >= 4 is 11.6 Å². The fourth-order valence-electron chi connectivity index (χ4n) is 2.20. The van der Waals surface area contributed by atoms with Crippen LogP contribution < -0.4 is 9.47 Å². The van der Waals surface area contributed by atoms with E-state index >= 15 is 0 Å². The molecular weight excluding hydrogens is 295 g/mol. The van der Waals surface area contributed by atoms with Gasteiger partial charge in [0, 0.05) is 6.42 Å². The second-order valence-electron chi connectivity index (χ2n) is 4.54. The molecule has 0 amide bonds. The van der Waals surface area contributed by atoms with E-state index in [1.807, 2.05) is 0 Å². The average molecular weight is 311 g/mol. The van der Waals surface area contributed by atoms with Crippen LogP contribution in [0.1, 0.15) is 17.2 Å². The molecule has 0 aromatic heterocycles. The van der Waals surface area contributed by atoms with Crippen molar-refractivity contribution in [3.8, 4) is 11.5 Å². The summed E-state index contributed by atoms with van der Waals surface area (Å²) in [7, 11) is 3.06. The topological polar surface area (TPSA) is 38.7 Å². The monoisotopic (exact) mass is 310 g/mol. The maximum absolute atomic E-state index is 13.2. The molecular formula is C16H16ClFO3. The van der Waals surface area contributed by atoms with Gasteiger partial charge in [-0.1, -0.05) is 23.7 Å². The van der Waals surface area contributed by atoms with Gasteiger partial charge in [0.25, 0.3) is 0 Å². The lowest BCUT2D eigenvalue weighted by Gasteiger charge is -2.18. The minimum Gasteiger partial charge on any atom is -0.496 e. The van der Waals surface area contributed by atoms with Crippen LogP contribution in [-0.4, -0.2) is 19.3 Å². The van der Waals surface area contributed by atoms with Gasteiger partial charge in [-0.15, -0.1) is 0 Å². The van der Waals surface area contributed by atoms with Crippen molar-refractivity contribution in [1.82, 2.24) is 0 Å². The highest BCUT2D eigenvalue weighted by atomic mass is 35.5. The van der Waals surface area contributed by atoms with E-state index in [1.54, 1.807) is 24.3 Å². The normalized spacial score (nSPS) is 12.0. The number of benzene rings is 2. The summed E-state index contributed by atoms with van der Waals surface area (Å²) in [5, 5.41) is 10.5. The molecule has 3 nitrogen and oxygen atoms in total. The van der Waals surface area contributed by atoms with E-state index in [2.05, 4.69) is 0 Å². The van der Waals surface area contributed by atoms with Crippen molar-refractivity contribution in [3.05, 3.63) is 58.4 Å². The molecule has 0 aliphatic rings. The Hall–Kier alpha value is -1.78. The van der Waals surface area contributed by atoms with Gasteiger partial charge < -0.3 is 14.6 Å². The number of methoxy groups -OCH3 is 2. The quantitative estimate of drug-likeness (QED) is 0.913. The van der Waals surface area contributed by atoms with Gasteiger partial charge in [-0.2, -0.15) is 0 Å². The molecule has 0 spiro atoms. The van der Waals surface area contributed by atoms with Crippen molar-refractivity contribution in [2.45, 2.75) is 12.5 Å². The second-order valence-corrected chi connectivity index (χ2v) is 4.95. The largest absolute Gasteiger partial charge is 0.496 e. The molecule has 0 fully saturated rings. The zero-order valence-electron chi connectivity index (χ0n) is 11.8. The fraction of sp³-hybridized carbons (Fsp3) is 0.250. The molecule has 1 N–H and O–H groups in total. The molecule has 2 rings (SSSR count). The van der Waals surface area contributed by atoms with Gasteiger partial charge in [0.05, 0.1) is 30.9 Å². The SMILES string of the molecule is COc1cccc(OC)c1C(O)Cc1ccc(F)c(Cl)c1. The van der Waals surface area contributed by atoms with E-state index in [4.69, 9.17) is 21.1 Å². The molecule has 0 aliphatic carbocycles. The first-order valence-corrected chi connectivity index (χ1v) is 6.77. The first-order chi connectivity index (χ1) is 10.1. The van der Waals surface area contributed by atoms with E-state index < -0.39 is 11.9 Å². The molecule has 112 valence electrons. The Bertz CT molecular complexity index is 609. The van der Waals surface area contributed by atoms with Gasteiger partial charge in [0.15, 0.2) is 0 Å². The highest BCUT2D eigenvalue weighted by molar-refractivity contribution is 6.30. The van der Waals surface area contributed by atoms with Gasteiger partial charge in [-0.05, 0) is 29.8 Å². The molecule has 0 heterocycles. The summed E-state index contributed by atoms with van der Waals surface area (Å²) in [5.41, 5.74) is 1.28. The molecule has 2 aromatic carbocycles. The van der Waals surface area contributed by atoms with Crippen LogP contribution in [0.25, 0.3) is 0 Å². The zero-order chi connectivity index (χ0) is 15.4. The highest BCUT2D eigenvalue weighted by Crippen LogP contribution is 2.35. The van der Waals surface area contributed by atoms with Gasteiger partial charge >= 0.3 is 0 Å². The summed E-state index contributed by atoms with van der Waals surface area (Å²) in [4.78, 5) is 0. The summed E-state index contributed by atoms with van der Waals surface area (Å²) in [5.74, 6) is 0.592. The Labute approximate surface area is 127 Å². The first kappa shape index (κ1) is 15.6. The number of hydrogen-bond acceptors (Lipinski definition) is 3. The van der Waals surface area contributed by atoms with Crippen molar-refractivity contribution in [2.24, 2.45) is 0 Å². The van der Waals surface area contributed by atoms with Crippen molar-refractivity contribution in [2.75, 3.05) is 14.2 Å². The Balaban J connectivity index is 2.31. The number of rotatable bonds is 5. The Morgan fingerprint density at radius 2 is 1.76 bits per heavy atom. The van der Waals surface area contributed by atoms with Crippen LogP contribution in [0.15, 0.2) is 36.4 Å². The van der Waals surface area contributed by atoms with Crippen LogP contribution in [0.3, 0.4) is 0 Å². The summed E-state index contributed by atoms with van der Waals surface area (Å²) in [6, 6.07) is 9.65. The zero-order valence-corrected chi connectivity index (χ0v) is 12.5. The predicted octanol–water partition coefficient (Wildman–Crippen LogP) is 3.77. The van der Waals surface area contributed by atoms with Gasteiger partial charge in [-0.3, -0.25) is 0 Å². The number of hydrogen-bond donors (Lipinski definition) is 1. The van der Waals surface area contributed by atoms with Crippen molar-refractivity contribution < 1.29 is 19.0 Å². The van der Waals surface area contributed by atoms with Crippen LogP contribution in [0.4, 0.5) is 4.39 Å². The molecule has 0 aliphatic heterocycles. The molecule has 5 heteroatoms. The third-order valence-electron chi connectivity index (χ3n) is 3.21. The Morgan fingerprint density at radius 3 is 2.29 bits per heavy atom. The highest BCUT2D eigenvalue weighted by Gasteiger charge is 2.19. The standard InChI is InChI=1S/C16H16ClFO3/c1-20-14-4-3-5-15(21-2)16(14)13(19)9-10-6-7-12(18)11(17)8-10/h3-8,13,19H,9H2,1-2H3. The number of halogens is 2. The van der Waals surface area contributed by atoms with E-state index in [1.165, 1.54) is 26.4 Å². The van der Waals surface area contributed by atoms with E-state index in [-0.39, 0.29) is 11.4 Å². The first-order valence-electron chi connectivity index (χ1n) is 6.39. The molecule has 2 aromatic rings. The smallest absolute Gasteiger partial charge is 0.141 e. The van der Waals surface area contributed by atoms with Crippen LogP contribution in [0.2, 0.25) is 5.02 Å². The van der Waals surface area contributed by atoms with Gasteiger partial charge in [-0.25, -0.2) is 4.39 Å². The molecule has 1 unspecified atom stereocenters. The molecule has 0 saturated heterocycles. The third kappa shape index (κ3) is 3.46. The van der Waals surface area contributed by atoms with E-state index in [0.29, 0.717) is 17.1 Å². The molecule has 21 heavy (non-hydrogen) atoms. The number of ether oxygens (including phenoxy) is 2. The lowest BCUT2D eigenvalue weighted by atomic mass is 9.99. The Morgan fingerprint density at radius 1 is 1.14 bits per heavy atom. The van der Waals surface area contributed by atoms with Crippen molar-refractivity contribution in [3.63, 3.8) is 0 Å². The van der Waals surface area contributed by atoms with Crippen molar-refractivity contribution in [1.29, 1.82) is 0 Å². The van der Waals surface area contributed by atoms with E-state index in [9.17, 15) is 9.50 Å². The summed E-state index contributed by atoms with van der Waals surface area (Å²) in [6.07, 6.45) is -0.575. The maximum Gasteiger partial charge on any atom is 0.141 e. The maximum atomic E-state index is 13.2. The molecule has 0 bridgehead atoms. The number of aliphatic hydroxyl groups is 1. The van der Waals surface area contributed by atoms with Gasteiger partial charge in [0.2, 0.25) is 0 Å². The van der Waals surface area contributed by atoms with Crippen LogP contribution in [-0.2, 0) is 6.42 Å². The van der Waals surface area contributed by atoms with Gasteiger partial charge in [0.1, 0.15) is 17.3 Å². The lowest BCUT2D eigenvalue weighted by molar-refractivity contribution is 0.169. The van der Waals surface area contributed by atoms with Crippen LogP contribution in [0, 0.1) is 5.82 Å². The lowest BCUT2D eigenvalue weighted by Crippen LogP contribution is -2.06. The predicted molar refractivity (Wildman–Crippen MR) is 79.6 cm³/mol. The molecule has 0 radical (unpaired) electrons.